The SMILES string of the molecule is CCCc1ccc(N(c2cc(N(c3ccc(CCC)cn3)c3ccc(CCC)cn3)nc(N(c3ccc(CCC)cn3)c3ccc(CCC)cn3)c2)c2ccc(CCC)cn2)nc1. The monoisotopic (exact) mass is 839 g/mol. The first-order chi connectivity index (χ1) is 30.9. The van der Waals surface area contributed by atoms with Crippen LogP contribution >= 0.6 is 0 Å². The van der Waals surface area contributed by atoms with Crippen LogP contribution in [0.1, 0.15) is 113 Å². The lowest BCUT2D eigenvalue weighted by Gasteiger charge is -2.30. The number of pyridine rings is 7. The van der Waals surface area contributed by atoms with Crippen molar-refractivity contribution in [3.63, 3.8) is 0 Å². The lowest BCUT2D eigenvalue weighted by molar-refractivity contribution is 0.906. The van der Waals surface area contributed by atoms with E-state index < -0.39 is 0 Å². The highest BCUT2D eigenvalue weighted by atomic mass is 15.3. The molecule has 7 rings (SSSR count). The van der Waals surface area contributed by atoms with E-state index in [0.717, 1.165) is 94.4 Å². The second-order valence-electron chi connectivity index (χ2n) is 16.2. The molecule has 0 unspecified atom stereocenters. The summed E-state index contributed by atoms with van der Waals surface area (Å²) in [5, 5.41) is 0. The van der Waals surface area contributed by atoms with Gasteiger partial charge >= 0.3 is 0 Å². The Kier molecular flexibility index (Phi) is 15.5. The Bertz CT molecular complexity index is 2010. The number of anilines is 9. The molecule has 324 valence electrons. The summed E-state index contributed by atoms with van der Waals surface area (Å²) < 4.78 is 0. The summed E-state index contributed by atoms with van der Waals surface area (Å²) in [4.78, 5) is 42.2. The van der Waals surface area contributed by atoms with Crippen molar-refractivity contribution < 1.29 is 0 Å². The quantitative estimate of drug-likeness (QED) is 0.0695. The number of aryl methyl sites for hydroxylation is 6. The van der Waals surface area contributed by atoms with Crippen molar-refractivity contribution in [1.82, 2.24) is 34.9 Å². The Labute approximate surface area is 374 Å². The molecule has 10 nitrogen and oxygen atoms in total. The molecule has 0 fully saturated rings. The molecule has 0 saturated carbocycles. The average molecular weight is 839 g/mol. The van der Waals surface area contributed by atoms with Crippen LogP contribution in [-0.2, 0) is 38.5 Å². The number of nitrogens with zero attached hydrogens (tertiary/aromatic N) is 10. The summed E-state index contributed by atoms with van der Waals surface area (Å²) in [5.74, 6) is 5.50. The van der Waals surface area contributed by atoms with E-state index in [1.54, 1.807) is 0 Å². The molecule has 63 heavy (non-hydrogen) atoms. The summed E-state index contributed by atoms with van der Waals surface area (Å²) in [5.41, 5.74) is 7.88. The molecule has 0 spiro atoms. The first-order valence-electron chi connectivity index (χ1n) is 23.1. The van der Waals surface area contributed by atoms with Gasteiger partial charge in [0, 0.05) is 49.3 Å². The first kappa shape index (κ1) is 44.5. The van der Waals surface area contributed by atoms with Crippen LogP contribution in [0.2, 0.25) is 0 Å². The molecule has 10 heteroatoms. The van der Waals surface area contributed by atoms with E-state index in [1.807, 2.05) is 47.0 Å². The molecule has 0 N–H and O–H groups in total. The van der Waals surface area contributed by atoms with Gasteiger partial charge in [0.1, 0.15) is 46.5 Å². The van der Waals surface area contributed by atoms with Crippen LogP contribution in [0.25, 0.3) is 0 Å². The Morgan fingerprint density at radius 2 is 0.508 bits per heavy atom. The van der Waals surface area contributed by atoms with Crippen LogP contribution in [0.4, 0.5) is 52.2 Å². The molecule has 0 radical (unpaired) electrons. The lowest BCUT2D eigenvalue weighted by atomic mass is 10.1. The summed E-state index contributed by atoms with van der Waals surface area (Å²) in [6, 6.07) is 29.6. The number of hydrogen-bond donors (Lipinski definition) is 0. The van der Waals surface area contributed by atoms with Crippen LogP contribution in [0.15, 0.2) is 122 Å². The van der Waals surface area contributed by atoms with Gasteiger partial charge in [-0.05, 0) is 108 Å². The molecule has 0 bridgehead atoms. The van der Waals surface area contributed by atoms with Crippen molar-refractivity contribution in [2.24, 2.45) is 0 Å². The Balaban J connectivity index is 1.51. The van der Waals surface area contributed by atoms with Gasteiger partial charge in [-0.1, -0.05) is 116 Å². The topological polar surface area (TPSA) is 100.0 Å². The summed E-state index contributed by atoms with van der Waals surface area (Å²) >= 11 is 0. The van der Waals surface area contributed by atoms with Crippen LogP contribution < -0.4 is 14.7 Å². The minimum atomic E-state index is 0.611. The highest BCUT2D eigenvalue weighted by molar-refractivity contribution is 5.82. The third kappa shape index (κ3) is 11.1. The number of rotatable bonds is 21. The second-order valence-corrected chi connectivity index (χ2v) is 16.2. The van der Waals surface area contributed by atoms with E-state index in [9.17, 15) is 0 Å². The number of aromatic nitrogens is 7. The summed E-state index contributed by atoms with van der Waals surface area (Å²) in [7, 11) is 0. The van der Waals surface area contributed by atoms with Crippen molar-refractivity contribution in [2.75, 3.05) is 14.7 Å². The predicted molar refractivity (Wildman–Crippen MR) is 259 cm³/mol. The summed E-state index contributed by atoms with van der Waals surface area (Å²) in [6.45, 7) is 13.1. The standard InChI is InChI=1S/C53H62N10/c1-7-13-39-19-25-46(54-33-39)61(47-26-20-40(14-8-2)34-55-47)45-31-52(62(48-27-21-41(15-9-3)35-56-48)49-28-22-42(16-10-4)36-57-49)60-53(32-45)63(50-29-23-43(17-11-5)37-58-50)51-30-24-44(18-12-6)38-59-51/h19-38H,7-18H2,1-6H3. The van der Waals surface area contributed by atoms with E-state index in [2.05, 4.69) is 131 Å². The molecular formula is C53H62N10. The zero-order chi connectivity index (χ0) is 44.0. The van der Waals surface area contributed by atoms with E-state index in [4.69, 9.17) is 34.9 Å². The molecule has 0 saturated heterocycles. The summed E-state index contributed by atoms with van der Waals surface area (Å²) in [6.07, 6.45) is 23.7. The largest absolute Gasteiger partial charge is 0.279 e. The highest BCUT2D eigenvalue weighted by Gasteiger charge is 2.26. The zero-order valence-electron chi connectivity index (χ0n) is 38.0. The third-order valence-electron chi connectivity index (χ3n) is 11.0. The number of hydrogen-bond acceptors (Lipinski definition) is 10. The van der Waals surface area contributed by atoms with Gasteiger partial charge < -0.3 is 0 Å². The molecular weight excluding hydrogens is 777 g/mol. The minimum Gasteiger partial charge on any atom is -0.279 e. The fourth-order valence-electron chi connectivity index (χ4n) is 7.85. The zero-order valence-corrected chi connectivity index (χ0v) is 38.0. The smallest absolute Gasteiger partial charge is 0.144 e. The van der Waals surface area contributed by atoms with E-state index in [1.165, 1.54) is 33.4 Å². The average Bonchev–Trinajstić information content (AvgIpc) is 3.31. The molecule has 0 aliphatic carbocycles. The minimum absolute atomic E-state index is 0.611. The molecule has 0 aliphatic heterocycles. The van der Waals surface area contributed by atoms with Crippen molar-refractivity contribution >= 4 is 52.2 Å². The van der Waals surface area contributed by atoms with Gasteiger partial charge in [0.05, 0.1) is 5.69 Å². The fraction of sp³-hybridized carbons (Fsp3) is 0.340. The van der Waals surface area contributed by atoms with Gasteiger partial charge in [0.15, 0.2) is 0 Å². The maximum atomic E-state index is 5.55. The predicted octanol–water partition coefficient (Wildman–Crippen LogP) is 13.6. The van der Waals surface area contributed by atoms with Gasteiger partial charge in [-0.2, -0.15) is 0 Å². The van der Waals surface area contributed by atoms with Crippen LogP contribution in [0.3, 0.4) is 0 Å². The van der Waals surface area contributed by atoms with Crippen molar-refractivity contribution in [1.29, 1.82) is 0 Å². The molecule has 0 aliphatic rings. The second kappa shape index (κ2) is 22.0. The van der Waals surface area contributed by atoms with Gasteiger partial charge in [-0.15, -0.1) is 0 Å². The van der Waals surface area contributed by atoms with E-state index >= 15 is 0 Å². The Morgan fingerprint density at radius 1 is 0.286 bits per heavy atom. The third-order valence-corrected chi connectivity index (χ3v) is 11.0. The van der Waals surface area contributed by atoms with E-state index in [0.29, 0.717) is 34.9 Å². The highest BCUT2D eigenvalue weighted by Crippen LogP contribution is 2.42. The van der Waals surface area contributed by atoms with Gasteiger partial charge in [-0.3, -0.25) is 14.7 Å². The molecule has 7 heterocycles. The van der Waals surface area contributed by atoms with Gasteiger partial charge in [0.25, 0.3) is 0 Å². The molecule has 0 aromatic carbocycles. The van der Waals surface area contributed by atoms with Crippen LogP contribution in [0.5, 0.6) is 0 Å². The van der Waals surface area contributed by atoms with Crippen molar-refractivity contribution in [3.05, 3.63) is 155 Å². The van der Waals surface area contributed by atoms with E-state index in [-0.39, 0.29) is 0 Å². The van der Waals surface area contributed by atoms with Crippen LogP contribution in [-0.4, -0.2) is 34.9 Å². The van der Waals surface area contributed by atoms with Gasteiger partial charge in [0.2, 0.25) is 0 Å². The van der Waals surface area contributed by atoms with Gasteiger partial charge in [-0.25, -0.2) is 34.9 Å². The van der Waals surface area contributed by atoms with Crippen molar-refractivity contribution in [3.8, 4) is 0 Å². The van der Waals surface area contributed by atoms with Crippen molar-refractivity contribution in [2.45, 2.75) is 119 Å². The maximum absolute atomic E-state index is 5.55. The molecule has 0 atom stereocenters. The Morgan fingerprint density at radius 3 is 0.698 bits per heavy atom. The van der Waals surface area contributed by atoms with Crippen LogP contribution in [0, 0.1) is 0 Å². The normalized spacial score (nSPS) is 11.1. The molecule has 0 amide bonds. The fourth-order valence-corrected chi connectivity index (χ4v) is 7.85. The molecule has 7 aromatic heterocycles. The maximum Gasteiger partial charge on any atom is 0.144 e. The first-order valence-corrected chi connectivity index (χ1v) is 23.1. The molecule has 7 aromatic rings. The lowest BCUT2D eigenvalue weighted by Crippen LogP contribution is -2.21. The Hall–Kier alpha value is -6.55.